The van der Waals surface area contributed by atoms with E-state index >= 15 is 0 Å². The molecule has 2 aromatic rings. The molecule has 1 amide bonds. The van der Waals surface area contributed by atoms with Crippen LogP contribution < -0.4 is 0 Å². The van der Waals surface area contributed by atoms with Gasteiger partial charge < -0.3 is 4.90 Å². The number of pyridine rings is 1. The topological polar surface area (TPSA) is 59.0 Å². The van der Waals surface area contributed by atoms with Gasteiger partial charge in [-0.1, -0.05) is 24.4 Å². The SMILES string of the molecule is CC(C)CN(Cc1ccccn1)C(=O)c1csnn1. The van der Waals surface area contributed by atoms with Gasteiger partial charge in [-0.2, -0.15) is 0 Å². The lowest BCUT2D eigenvalue weighted by Crippen LogP contribution is -2.34. The van der Waals surface area contributed by atoms with Crippen LogP contribution in [-0.4, -0.2) is 31.9 Å². The summed E-state index contributed by atoms with van der Waals surface area (Å²) in [5.41, 5.74) is 1.28. The molecule has 2 aromatic heterocycles. The molecule has 2 rings (SSSR count). The van der Waals surface area contributed by atoms with Crippen molar-refractivity contribution in [2.75, 3.05) is 6.54 Å². The molecule has 6 heteroatoms. The molecule has 0 aliphatic rings. The molecule has 0 saturated heterocycles. The fraction of sp³-hybridized carbons (Fsp3) is 0.385. The Morgan fingerprint density at radius 3 is 2.84 bits per heavy atom. The summed E-state index contributed by atoms with van der Waals surface area (Å²) < 4.78 is 3.74. The average molecular weight is 276 g/mol. The predicted molar refractivity (Wildman–Crippen MR) is 73.7 cm³/mol. The molecule has 0 bridgehead atoms. The highest BCUT2D eigenvalue weighted by Crippen LogP contribution is 2.10. The standard InChI is InChI=1S/C13H16N4OS/c1-10(2)7-17(8-11-5-3-4-6-14-11)13(18)12-9-19-16-15-12/h3-6,9-10H,7-8H2,1-2H3. The highest BCUT2D eigenvalue weighted by Gasteiger charge is 2.19. The molecule has 0 atom stereocenters. The lowest BCUT2D eigenvalue weighted by molar-refractivity contribution is 0.0714. The van der Waals surface area contributed by atoms with Crippen LogP contribution in [0.25, 0.3) is 0 Å². The molecule has 19 heavy (non-hydrogen) atoms. The van der Waals surface area contributed by atoms with Crippen LogP contribution in [0.2, 0.25) is 0 Å². The van der Waals surface area contributed by atoms with Crippen molar-refractivity contribution in [1.29, 1.82) is 0 Å². The predicted octanol–water partition coefficient (Wildman–Crippen LogP) is 2.23. The van der Waals surface area contributed by atoms with Crippen molar-refractivity contribution in [3.63, 3.8) is 0 Å². The third-order valence-corrected chi connectivity index (χ3v) is 3.04. The van der Waals surface area contributed by atoms with Crippen LogP contribution in [0.3, 0.4) is 0 Å². The summed E-state index contributed by atoms with van der Waals surface area (Å²) in [6, 6.07) is 5.70. The second-order valence-electron chi connectivity index (χ2n) is 4.69. The van der Waals surface area contributed by atoms with Gasteiger partial charge in [-0.05, 0) is 29.6 Å². The van der Waals surface area contributed by atoms with Crippen molar-refractivity contribution in [3.05, 3.63) is 41.2 Å². The van der Waals surface area contributed by atoms with E-state index in [1.54, 1.807) is 16.5 Å². The second-order valence-corrected chi connectivity index (χ2v) is 5.30. The molecule has 0 N–H and O–H groups in total. The molecule has 0 aliphatic carbocycles. The molecule has 0 aliphatic heterocycles. The van der Waals surface area contributed by atoms with Gasteiger partial charge >= 0.3 is 0 Å². The number of carbonyl (C=O) groups is 1. The smallest absolute Gasteiger partial charge is 0.275 e. The van der Waals surface area contributed by atoms with Gasteiger partial charge in [0.05, 0.1) is 12.2 Å². The van der Waals surface area contributed by atoms with E-state index in [-0.39, 0.29) is 5.91 Å². The minimum absolute atomic E-state index is 0.0897. The lowest BCUT2D eigenvalue weighted by atomic mass is 10.2. The van der Waals surface area contributed by atoms with Gasteiger partial charge in [0, 0.05) is 18.1 Å². The van der Waals surface area contributed by atoms with Gasteiger partial charge in [-0.3, -0.25) is 9.78 Å². The van der Waals surface area contributed by atoms with E-state index < -0.39 is 0 Å². The van der Waals surface area contributed by atoms with Gasteiger partial charge in [0.25, 0.3) is 5.91 Å². The van der Waals surface area contributed by atoms with Gasteiger partial charge in [0.15, 0.2) is 5.69 Å². The highest BCUT2D eigenvalue weighted by atomic mass is 32.1. The molecule has 0 radical (unpaired) electrons. The van der Waals surface area contributed by atoms with E-state index in [1.807, 2.05) is 18.2 Å². The molecule has 2 heterocycles. The fourth-order valence-corrected chi connectivity index (χ4v) is 2.20. The first-order chi connectivity index (χ1) is 9.16. The van der Waals surface area contributed by atoms with Crippen molar-refractivity contribution in [2.24, 2.45) is 5.92 Å². The Morgan fingerprint density at radius 2 is 2.26 bits per heavy atom. The first kappa shape index (κ1) is 13.6. The van der Waals surface area contributed by atoms with E-state index in [9.17, 15) is 4.79 Å². The molecule has 5 nitrogen and oxygen atoms in total. The number of nitrogens with zero attached hydrogens (tertiary/aromatic N) is 4. The first-order valence-corrected chi connectivity index (χ1v) is 6.96. The molecule has 0 aromatic carbocycles. The number of hydrogen-bond donors (Lipinski definition) is 0. The quantitative estimate of drug-likeness (QED) is 0.840. The van der Waals surface area contributed by atoms with E-state index in [0.717, 1.165) is 5.69 Å². The Kier molecular flexibility index (Phi) is 4.57. The van der Waals surface area contributed by atoms with Crippen molar-refractivity contribution >= 4 is 17.4 Å². The summed E-state index contributed by atoms with van der Waals surface area (Å²) in [6.07, 6.45) is 1.73. The number of hydrogen-bond acceptors (Lipinski definition) is 5. The number of carbonyl (C=O) groups excluding carboxylic acids is 1. The summed E-state index contributed by atoms with van der Waals surface area (Å²) in [5, 5.41) is 5.52. The molecule has 100 valence electrons. The fourth-order valence-electron chi connectivity index (χ4n) is 1.77. The van der Waals surface area contributed by atoms with Crippen LogP contribution in [0.1, 0.15) is 30.0 Å². The summed E-state index contributed by atoms with van der Waals surface area (Å²) in [5.74, 6) is 0.298. The Hall–Kier alpha value is -1.82. The maximum atomic E-state index is 12.3. The Labute approximate surface area is 116 Å². The zero-order valence-corrected chi connectivity index (χ0v) is 11.8. The van der Waals surface area contributed by atoms with Crippen molar-refractivity contribution in [2.45, 2.75) is 20.4 Å². The van der Waals surface area contributed by atoms with E-state index in [4.69, 9.17) is 0 Å². The third kappa shape index (κ3) is 3.82. The lowest BCUT2D eigenvalue weighted by Gasteiger charge is -2.23. The average Bonchev–Trinajstić information content (AvgIpc) is 2.91. The van der Waals surface area contributed by atoms with Crippen LogP contribution in [0.5, 0.6) is 0 Å². The summed E-state index contributed by atoms with van der Waals surface area (Å²) >= 11 is 1.19. The van der Waals surface area contributed by atoms with Gasteiger partial charge in [0.2, 0.25) is 0 Å². The number of amides is 1. The summed E-state index contributed by atoms with van der Waals surface area (Å²) in [4.78, 5) is 18.4. The first-order valence-electron chi connectivity index (χ1n) is 6.13. The minimum Gasteiger partial charge on any atom is -0.331 e. The summed E-state index contributed by atoms with van der Waals surface area (Å²) in [7, 11) is 0. The van der Waals surface area contributed by atoms with Crippen LogP contribution in [0, 0.1) is 5.92 Å². The van der Waals surface area contributed by atoms with Gasteiger partial charge in [0.1, 0.15) is 0 Å². The molecular weight excluding hydrogens is 260 g/mol. The Bertz CT molecular complexity index is 513. The van der Waals surface area contributed by atoms with E-state index in [1.165, 1.54) is 11.5 Å². The zero-order chi connectivity index (χ0) is 13.7. The largest absolute Gasteiger partial charge is 0.331 e. The number of rotatable bonds is 5. The number of aromatic nitrogens is 3. The summed E-state index contributed by atoms with van der Waals surface area (Å²) in [6.45, 7) is 5.33. The van der Waals surface area contributed by atoms with Gasteiger partial charge in [-0.15, -0.1) is 5.10 Å². The molecule has 0 fully saturated rings. The Morgan fingerprint density at radius 1 is 1.42 bits per heavy atom. The second kappa shape index (κ2) is 6.38. The normalized spacial score (nSPS) is 10.7. The monoisotopic (exact) mass is 276 g/mol. The van der Waals surface area contributed by atoms with Crippen LogP contribution >= 0.6 is 11.5 Å². The minimum atomic E-state index is -0.0897. The third-order valence-electron chi connectivity index (χ3n) is 2.53. The molecule has 0 saturated carbocycles. The van der Waals surface area contributed by atoms with Crippen molar-refractivity contribution in [1.82, 2.24) is 19.5 Å². The molecule has 0 spiro atoms. The van der Waals surface area contributed by atoms with E-state index in [0.29, 0.717) is 24.7 Å². The van der Waals surface area contributed by atoms with Crippen molar-refractivity contribution < 1.29 is 4.79 Å². The van der Waals surface area contributed by atoms with Crippen LogP contribution in [-0.2, 0) is 6.54 Å². The molecular formula is C13H16N4OS. The molecule has 0 unspecified atom stereocenters. The van der Waals surface area contributed by atoms with Crippen LogP contribution in [0.4, 0.5) is 0 Å². The maximum absolute atomic E-state index is 12.3. The maximum Gasteiger partial charge on any atom is 0.275 e. The van der Waals surface area contributed by atoms with Crippen LogP contribution in [0.15, 0.2) is 29.8 Å². The van der Waals surface area contributed by atoms with E-state index in [2.05, 4.69) is 28.4 Å². The zero-order valence-electron chi connectivity index (χ0n) is 11.0. The Balaban J connectivity index is 2.14. The van der Waals surface area contributed by atoms with Gasteiger partial charge in [-0.25, -0.2) is 0 Å². The highest BCUT2D eigenvalue weighted by molar-refractivity contribution is 7.03. The van der Waals surface area contributed by atoms with Crippen molar-refractivity contribution in [3.8, 4) is 0 Å².